The highest BCUT2D eigenvalue weighted by Crippen LogP contribution is 2.39. The Hall–Kier alpha value is -1.95. The van der Waals surface area contributed by atoms with Crippen molar-refractivity contribution in [3.8, 4) is 0 Å². The fourth-order valence-electron chi connectivity index (χ4n) is 3.38. The van der Waals surface area contributed by atoms with Gasteiger partial charge in [0.15, 0.2) is 0 Å². The molecule has 0 N–H and O–H groups in total. The van der Waals surface area contributed by atoms with Crippen molar-refractivity contribution in [3.63, 3.8) is 0 Å². The van der Waals surface area contributed by atoms with E-state index < -0.39 is 0 Å². The summed E-state index contributed by atoms with van der Waals surface area (Å²) < 4.78 is 5.18. The Morgan fingerprint density at radius 3 is 2.38 bits per heavy atom. The molecule has 2 aromatic rings. The van der Waals surface area contributed by atoms with Crippen molar-refractivity contribution in [2.75, 3.05) is 31.1 Å². The zero-order valence-corrected chi connectivity index (χ0v) is 16.3. The number of aromatic nitrogens is 3. The van der Waals surface area contributed by atoms with Crippen LogP contribution in [0.1, 0.15) is 62.5 Å². The number of piperazine rings is 1. The molecule has 2 aromatic heterocycles. The third-order valence-corrected chi connectivity index (χ3v) is 5.20. The second kappa shape index (κ2) is 6.65. The quantitative estimate of drug-likeness (QED) is 0.839. The number of aryl methyl sites for hydroxylation is 1. The highest BCUT2D eigenvalue weighted by molar-refractivity contribution is 5.42. The van der Waals surface area contributed by atoms with Crippen molar-refractivity contribution in [1.29, 1.82) is 0 Å². The van der Waals surface area contributed by atoms with Crippen LogP contribution in [0.2, 0.25) is 0 Å². The normalized spacial score (nSPS) is 19.2. The standard InChI is InChI=1S/C20H29N5O/c1-14-11-16(23-26-14)13-24-7-9-25(10-8-24)18-12-17(20(2,3)4)21-19(22-18)15-5-6-15/h11-12,15H,5-10,13H2,1-4H3. The van der Waals surface area contributed by atoms with Gasteiger partial charge in [-0.05, 0) is 19.8 Å². The SMILES string of the molecule is Cc1cc(CN2CCN(c3cc(C(C)(C)C)nc(C4CC4)n3)CC2)no1. The van der Waals surface area contributed by atoms with Gasteiger partial charge in [-0.1, -0.05) is 25.9 Å². The van der Waals surface area contributed by atoms with Gasteiger partial charge in [-0.15, -0.1) is 0 Å². The third kappa shape index (κ3) is 3.90. The van der Waals surface area contributed by atoms with Gasteiger partial charge >= 0.3 is 0 Å². The summed E-state index contributed by atoms with van der Waals surface area (Å²) >= 11 is 0. The lowest BCUT2D eigenvalue weighted by Gasteiger charge is -2.35. The van der Waals surface area contributed by atoms with E-state index in [1.54, 1.807) is 0 Å². The molecule has 0 spiro atoms. The summed E-state index contributed by atoms with van der Waals surface area (Å²) in [4.78, 5) is 14.6. The Morgan fingerprint density at radius 1 is 1.08 bits per heavy atom. The van der Waals surface area contributed by atoms with Crippen LogP contribution in [0.15, 0.2) is 16.7 Å². The van der Waals surface area contributed by atoms with Crippen LogP contribution in [0.4, 0.5) is 5.82 Å². The van der Waals surface area contributed by atoms with E-state index in [9.17, 15) is 0 Å². The summed E-state index contributed by atoms with van der Waals surface area (Å²) in [6, 6.07) is 4.22. The number of hydrogen-bond donors (Lipinski definition) is 0. The molecule has 0 aromatic carbocycles. The van der Waals surface area contributed by atoms with E-state index in [-0.39, 0.29) is 5.41 Å². The van der Waals surface area contributed by atoms with Gasteiger partial charge in [0.1, 0.15) is 17.4 Å². The van der Waals surface area contributed by atoms with Gasteiger partial charge in [-0.25, -0.2) is 9.97 Å². The minimum atomic E-state index is 0.0496. The van der Waals surface area contributed by atoms with Crippen molar-refractivity contribution < 1.29 is 4.52 Å². The van der Waals surface area contributed by atoms with Crippen molar-refractivity contribution in [1.82, 2.24) is 20.0 Å². The van der Waals surface area contributed by atoms with Crippen molar-refractivity contribution in [2.24, 2.45) is 0 Å². The average Bonchev–Trinajstić information content (AvgIpc) is 3.38. The molecule has 3 heterocycles. The number of nitrogens with zero attached hydrogens (tertiary/aromatic N) is 5. The zero-order chi connectivity index (χ0) is 18.3. The van der Waals surface area contributed by atoms with Crippen molar-refractivity contribution in [2.45, 2.75) is 58.4 Å². The monoisotopic (exact) mass is 355 g/mol. The van der Waals surface area contributed by atoms with Crippen LogP contribution in [0, 0.1) is 6.92 Å². The van der Waals surface area contributed by atoms with Crippen LogP contribution < -0.4 is 4.90 Å². The minimum absolute atomic E-state index is 0.0496. The molecule has 26 heavy (non-hydrogen) atoms. The molecule has 140 valence electrons. The molecule has 0 unspecified atom stereocenters. The molecule has 1 saturated carbocycles. The van der Waals surface area contributed by atoms with Gasteiger partial charge in [0, 0.05) is 56.2 Å². The van der Waals surface area contributed by atoms with Crippen LogP contribution >= 0.6 is 0 Å². The summed E-state index contributed by atoms with van der Waals surface area (Å²) in [6.45, 7) is 13.5. The second-order valence-electron chi connectivity index (χ2n) is 8.69. The number of anilines is 1. The largest absolute Gasteiger partial charge is 0.361 e. The highest BCUT2D eigenvalue weighted by atomic mass is 16.5. The Bertz CT molecular complexity index is 767. The summed E-state index contributed by atoms with van der Waals surface area (Å²) in [5.74, 6) is 3.60. The van der Waals surface area contributed by atoms with Crippen LogP contribution in [0.5, 0.6) is 0 Å². The highest BCUT2D eigenvalue weighted by Gasteiger charge is 2.30. The Labute approximate surface area is 155 Å². The topological polar surface area (TPSA) is 58.3 Å². The first-order valence-corrected chi connectivity index (χ1v) is 9.67. The third-order valence-electron chi connectivity index (χ3n) is 5.20. The van der Waals surface area contributed by atoms with Crippen molar-refractivity contribution in [3.05, 3.63) is 35.1 Å². The van der Waals surface area contributed by atoms with Gasteiger partial charge in [0.2, 0.25) is 0 Å². The molecule has 0 radical (unpaired) electrons. The summed E-state index contributed by atoms with van der Waals surface area (Å²) in [6.07, 6.45) is 2.47. The Balaban J connectivity index is 1.46. The van der Waals surface area contributed by atoms with Gasteiger partial charge in [-0.2, -0.15) is 0 Å². The Kier molecular flexibility index (Phi) is 4.47. The van der Waals surface area contributed by atoms with E-state index >= 15 is 0 Å². The van der Waals surface area contributed by atoms with Gasteiger partial charge in [0.05, 0.1) is 11.4 Å². The molecular weight excluding hydrogens is 326 g/mol. The fraction of sp³-hybridized carbons (Fsp3) is 0.650. The van der Waals surface area contributed by atoms with E-state index in [4.69, 9.17) is 14.5 Å². The molecule has 0 bridgehead atoms. The summed E-state index contributed by atoms with van der Waals surface area (Å²) in [5.41, 5.74) is 2.22. The van der Waals surface area contributed by atoms with E-state index in [0.717, 1.165) is 61.5 Å². The predicted octanol–water partition coefficient (Wildman–Crippen LogP) is 3.27. The van der Waals surface area contributed by atoms with Crippen LogP contribution in [-0.4, -0.2) is 46.2 Å². The van der Waals surface area contributed by atoms with E-state index in [1.807, 2.05) is 13.0 Å². The molecule has 4 rings (SSSR count). The number of rotatable bonds is 4. The second-order valence-corrected chi connectivity index (χ2v) is 8.69. The van der Waals surface area contributed by atoms with Gasteiger partial charge < -0.3 is 9.42 Å². The lowest BCUT2D eigenvalue weighted by atomic mass is 9.91. The predicted molar refractivity (Wildman–Crippen MR) is 101 cm³/mol. The van der Waals surface area contributed by atoms with E-state index in [1.165, 1.54) is 12.8 Å². The van der Waals surface area contributed by atoms with E-state index in [2.05, 4.69) is 41.8 Å². The minimum Gasteiger partial charge on any atom is -0.361 e. The molecule has 2 aliphatic rings. The first-order valence-electron chi connectivity index (χ1n) is 9.67. The van der Waals surface area contributed by atoms with E-state index in [0.29, 0.717) is 5.92 Å². The molecular formula is C20H29N5O. The lowest BCUT2D eigenvalue weighted by molar-refractivity contribution is 0.241. The first kappa shape index (κ1) is 17.5. The van der Waals surface area contributed by atoms with Crippen LogP contribution in [-0.2, 0) is 12.0 Å². The molecule has 1 aliphatic carbocycles. The maximum Gasteiger partial charge on any atom is 0.134 e. The van der Waals surface area contributed by atoms with Crippen molar-refractivity contribution >= 4 is 5.82 Å². The Morgan fingerprint density at radius 2 is 1.81 bits per heavy atom. The molecule has 6 heteroatoms. The molecule has 2 fully saturated rings. The smallest absolute Gasteiger partial charge is 0.134 e. The first-order chi connectivity index (χ1) is 12.4. The fourth-order valence-corrected chi connectivity index (χ4v) is 3.38. The zero-order valence-electron chi connectivity index (χ0n) is 16.3. The molecule has 1 aliphatic heterocycles. The van der Waals surface area contributed by atoms with Crippen LogP contribution in [0.25, 0.3) is 0 Å². The molecule has 1 saturated heterocycles. The molecule has 0 amide bonds. The maximum absolute atomic E-state index is 5.18. The van der Waals surface area contributed by atoms with Crippen LogP contribution in [0.3, 0.4) is 0 Å². The number of hydrogen-bond acceptors (Lipinski definition) is 6. The average molecular weight is 355 g/mol. The van der Waals surface area contributed by atoms with Gasteiger partial charge in [0.25, 0.3) is 0 Å². The van der Waals surface area contributed by atoms with Gasteiger partial charge in [-0.3, -0.25) is 4.90 Å². The summed E-state index contributed by atoms with van der Waals surface area (Å²) in [5, 5.41) is 4.11. The maximum atomic E-state index is 5.18. The summed E-state index contributed by atoms with van der Waals surface area (Å²) in [7, 11) is 0. The lowest BCUT2D eigenvalue weighted by Crippen LogP contribution is -2.46. The molecule has 0 atom stereocenters. The molecule has 6 nitrogen and oxygen atoms in total.